The normalized spacial score (nSPS) is 12.2. The van der Waals surface area contributed by atoms with E-state index in [9.17, 15) is 8.42 Å². The largest absolute Gasteiger partial charge is 0.312 e. The van der Waals surface area contributed by atoms with Crippen molar-refractivity contribution in [2.75, 3.05) is 13.1 Å². The molecule has 1 aromatic heterocycles. The molecule has 1 rings (SSSR count). The molecule has 1 heterocycles. The van der Waals surface area contributed by atoms with Gasteiger partial charge in [-0.25, -0.2) is 13.1 Å². The van der Waals surface area contributed by atoms with E-state index in [0.29, 0.717) is 17.4 Å². The summed E-state index contributed by atoms with van der Waals surface area (Å²) in [7, 11) is -3.36. The molecule has 6 heteroatoms. The highest BCUT2D eigenvalue weighted by Crippen LogP contribution is 2.25. The Morgan fingerprint density at radius 1 is 1.30 bits per heavy atom. The van der Waals surface area contributed by atoms with Crippen LogP contribution in [0.2, 0.25) is 0 Å². The third-order valence-corrected chi connectivity index (χ3v) is 5.72. The third kappa shape index (κ3) is 5.52. The second kappa shape index (κ2) is 8.12. The Morgan fingerprint density at radius 2 is 2.00 bits per heavy atom. The Kier molecular flexibility index (Phi) is 7.15. The van der Waals surface area contributed by atoms with Crippen molar-refractivity contribution in [2.24, 2.45) is 5.92 Å². The molecule has 0 radical (unpaired) electrons. The molecule has 0 saturated carbocycles. The Morgan fingerprint density at radius 3 is 2.60 bits per heavy atom. The average Bonchev–Trinajstić information content (AvgIpc) is 2.71. The third-order valence-electron chi connectivity index (χ3n) is 2.95. The van der Waals surface area contributed by atoms with Gasteiger partial charge >= 0.3 is 0 Å². The second-order valence-electron chi connectivity index (χ2n) is 5.39. The van der Waals surface area contributed by atoms with E-state index in [-0.39, 0.29) is 0 Å². The van der Waals surface area contributed by atoms with Gasteiger partial charge in [0.1, 0.15) is 0 Å². The standard InChI is InChI=1S/C14H26N2O2S2/c1-5-7-15-10-13-9-14(12(4)19-13)20(17,18)16-8-6-11(2)3/h9,11,15-16H,5-8,10H2,1-4H3. The van der Waals surface area contributed by atoms with Gasteiger partial charge in [0.2, 0.25) is 10.0 Å². The minimum absolute atomic E-state index is 0.430. The lowest BCUT2D eigenvalue weighted by Crippen LogP contribution is -2.25. The summed E-state index contributed by atoms with van der Waals surface area (Å²) in [4.78, 5) is 2.36. The minimum Gasteiger partial charge on any atom is -0.312 e. The Hall–Kier alpha value is -0.430. The Bertz CT molecular complexity index is 507. The van der Waals surface area contributed by atoms with Crippen LogP contribution in [0.1, 0.15) is 43.4 Å². The van der Waals surface area contributed by atoms with Crippen molar-refractivity contribution in [3.63, 3.8) is 0 Å². The summed E-state index contributed by atoms with van der Waals surface area (Å²) < 4.78 is 27.2. The smallest absolute Gasteiger partial charge is 0.241 e. The number of thiophene rings is 1. The van der Waals surface area contributed by atoms with E-state index in [4.69, 9.17) is 0 Å². The summed E-state index contributed by atoms with van der Waals surface area (Å²) in [5, 5.41) is 3.30. The van der Waals surface area contributed by atoms with Gasteiger partial charge in [-0.15, -0.1) is 11.3 Å². The fourth-order valence-electron chi connectivity index (χ4n) is 1.83. The van der Waals surface area contributed by atoms with E-state index in [2.05, 4.69) is 30.8 Å². The van der Waals surface area contributed by atoms with Gasteiger partial charge in [-0.1, -0.05) is 20.8 Å². The zero-order valence-corrected chi connectivity index (χ0v) is 14.5. The molecule has 0 spiro atoms. The van der Waals surface area contributed by atoms with Crippen molar-refractivity contribution in [3.05, 3.63) is 15.8 Å². The van der Waals surface area contributed by atoms with E-state index >= 15 is 0 Å². The molecule has 0 saturated heterocycles. The Balaban J connectivity index is 2.69. The van der Waals surface area contributed by atoms with Crippen LogP contribution in [0.3, 0.4) is 0 Å². The molecular weight excluding hydrogens is 292 g/mol. The van der Waals surface area contributed by atoms with Crippen LogP contribution in [0.25, 0.3) is 0 Å². The number of sulfonamides is 1. The van der Waals surface area contributed by atoms with Crippen LogP contribution < -0.4 is 10.0 Å². The zero-order chi connectivity index (χ0) is 15.2. The summed E-state index contributed by atoms with van der Waals surface area (Å²) in [5.74, 6) is 0.495. The van der Waals surface area contributed by atoms with E-state index in [1.54, 1.807) is 17.4 Å². The molecule has 0 aliphatic rings. The molecule has 0 unspecified atom stereocenters. The van der Waals surface area contributed by atoms with E-state index < -0.39 is 10.0 Å². The molecule has 4 nitrogen and oxygen atoms in total. The molecule has 0 amide bonds. The lowest BCUT2D eigenvalue weighted by molar-refractivity contribution is 0.551. The average molecular weight is 319 g/mol. The van der Waals surface area contributed by atoms with Crippen molar-refractivity contribution >= 4 is 21.4 Å². The van der Waals surface area contributed by atoms with Gasteiger partial charge < -0.3 is 5.32 Å². The fourth-order valence-corrected chi connectivity index (χ4v) is 4.48. The highest BCUT2D eigenvalue weighted by Gasteiger charge is 2.19. The lowest BCUT2D eigenvalue weighted by atomic mass is 10.1. The minimum atomic E-state index is -3.36. The quantitative estimate of drug-likeness (QED) is 0.688. The summed E-state index contributed by atoms with van der Waals surface area (Å²) in [6, 6.07) is 1.79. The molecule has 2 N–H and O–H groups in total. The number of hydrogen-bond acceptors (Lipinski definition) is 4. The van der Waals surface area contributed by atoms with Crippen LogP contribution in [0.5, 0.6) is 0 Å². The summed E-state index contributed by atoms with van der Waals surface area (Å²) in [5.41, 5.74) is 0. The fraction of sp³-hybridized carbons (Fsp3) is 0.714. The van der Waals surface area contributed by atoms with Crippen molar-refractivity contribution < 1.29 is 8.42 Å². The first-order valence-corrected chi connectivity index (χ1v) is 9.46. The van der Waals surface area contributed by atoms with Gasteiger partial charge in [-0.05, 0) is 38.3 Å². The number of nitrogens with one attached hydrogen (secondary N) is 2. The topological polar surface area (TPSA) is 58.2 Å². The molecule has 20 heavy (non-hydrogen) atoms. The molecule has 1 aromatic rings. The van der Waals surface area contributed by atoms with Gasteiger partial charge in [0.05, 0.1) is 4.90 Å². The van der Waals surface area contributed by atoms with Crippen molar-refractivity contribution in [2.45, 2.75) is 52.0 Å². The first-order valence-electron chi connectivity index (χ1n) is 7.16. The lowest BCUT2D eigenvalue weighted by Gasteiger charge is -2.07. The first-order chi connectivity index (χ1) is 9.36. The van der Waals surface area contributed by atoms with Crippen molar-refractivity contribution in [1.82, 2.24) is 10.0 Å². The maximum absolute atomic E-state index is 12.3. The summed E-state index contributed by atoms with van der Waals surface area (Å²) in [6.07, 6.45) is 1.93. The predicted octanol–water partition coefficient (Wildman–Crippen LogP) is 2.88. The van der Waals surface area contributed by atoms with Crippen molar-refractivity contribution in [1.29, 1.82) is 0 Å². The van der Waals surface area contributed by atoms with Crippen molar-refractivity contribution in [3.8, 4) is 0 Å². The van der Waals surface area contributed by atoms with Gasteiger partial charge in [-0.2, -0.15) is 0 Å². The van der Waals surface area contributed by atoms with Gasteiger partial charge in [-0.3, -0.25) is 0 Å². The molecular formula is C14H26N2O2S2. The highest BCUT2D eigenvalue weighted by molar-refractivity contribution is 7.89. The van der Waals surface area contributed by atoms with E-state index in [1.165, 1.54) is 0 Å². The Labute approximate surface area is 127 Å². The monoisotopic (exact) mass is 318 g/mol. The van der Waals surface area contributed by atoms with Crippen LogP contribution in [0.15, 0.2) is 11.0 Å². The van der Waals surface area contributed by atoms with Gasteiger partial charge in [0.25, 0.3) is 0 Å². The van der Waals surface area contributed by atoms with E-state index in [0.717, 1.165) is 35.7 Å². The van der Waals surface area contributed by atoms with Crippen LogP contribution in [0.4, 0.5) is 0 Å². The van der Waals surface area contributed by atoms with Gasteiger partial charge in [0.15, 0.2) is 0 Å². The van der Waals surface area contributed by atoms with Crippen LogP contribution in [-0.2, 0) is 16.6 Å². The van der Waals surface area contributed by atoms with Crippen LogP contribution in [-0.4, -0.2) is 21.5 Å². The number of aryl methyl sites for hydroxylation is 1. The van der Waals surface area contributed by atoms with Gasteiger partial charge in [0, 0.05) is 22.8 Å². The highest BCUT2D eigenvalue weighted by atomic mass is 32.2. The predicted molar refractivity (Wildman–Crippen MR) is 85.7 cm³/mol. The van der Waals surface area contributed by atoms with Crippen LogP contribution >= 0.6 is 11.3 Å². The van der Waals surface area contributed by atoms with E-state index in [1.807, 2.05) is 6.92 Å². The molecule has 0 atom stereocenters. The van der Waals surface area contributed by atoms with Crippen LogP contribution in [0, 0.1) is 12.8 Å². The molecule has 0 bridgehead atoms. The maximum Gasteiger partial charge on any atom is 0.241 e. The molecule has 116 valence electrons. The number of rotatable bonds is 9. The molecule has 0 aliphatic carbocycles. The number of hydrogen-bond donors (Lipinski definition) is 2. The summed E-state index contributed by atoms with van der Waals surface area (Å²) >= 11 is 1.55. The maximum atomic E-state index is 12.3. The second-order valence-corrected chi connectivity index (χ2v) is 8.47. The molecule has 0 aromatic carbocycles. The zero-order valence-electron chi connectivity index (χ0n) is 12.8. The SMILES string of the molecule is CCCNCc1cc(S(=O)(=O)NCCC(C)C)c(C)s1. The molecule has 0 fully saturated rings. The first kappa shape index (κ1) is 17.6. The summed E-state index contributed by atoms with van der Waals surface area (Å²) in [6.45, 7) is 10.3. The molecule has 0 aliphatic heterocycles.